The van der Waals surface area contributed by atoms with E-state index in [-0.39, 0.29) is 23.5 Å². The zero-order chi connectivity index (χ0) is 21.4. The van der Waals surface area contributed by atoms with Crippen LogP contribution in [0.15, 0.2) is 53.4 Å². The Morgan fingerprint density at radius 3 is 2.17 bits per heavy atom. The van der Waals surface area contributed by atoms with Crippen molar-refractivity contribution in [3.8, 4) is 0 Å². The van der Waals surface area contributed by atoms with E-state index in [1.807, 2.05) is 0 Å². The van der Waals surface area contributed by atoms with E-state index < -0.39 is 27.7 Å². The fourth-order valence-electron chi connectivity index (χ4n) is 2.66. The molecule has 0 atom stereocenters. The topological polar surface area (TPSA) is 95.6 Å². The van der Waals surface area contributed by atoms with Gasteiger partial charge in [-0.3, -0.25) is 9.59 Å². The highest BCUT2D eigenvalue weighted by Gasteiger charge is 2.21. The van der Waals surface area contributed by atoms with E-state index in [9.17, 15) is 22.4 Å². The highest BCUT2D eigenvalue weighted by atomic mass is 32.2. The maximum Gasteiger partial charge on any atom is 0.254 e. The fourth-order valence-corrected chi connectivity index (χ4v) is 4.11. The molecule has 2 amide bonds. The highest BCUT2D eigenvalue weighted by Crippen LogP contribution is 2.16. The minimum absolute atomic E-state index is 0.134. The summed E-state index contributed by atoms with van der Waals surface area (Å²) in [4.78, 5) is 24.0. The molecule has 0 unspecified atom stereocenters. The SMILES string of the molecule is CCN(CC)S(=O)(=O)c1ccc(CNC(=O)CNC(=O)c2ccccc2F)cc1. The van der Waals surface area contributed by atoms with Crippen LogP contribution in [0.1, 0.15) is 29.8 Å². The molecule has 2 aromatic rings. The number of sulfonamides is 1. The lowest BCUT2D eigenvalue weighted by Gasteiger charge is -2.18. The van der Waals surface area contributed by atoms with Gasteiger partial charge in [0.1, 0.15) is 5.82 Å². The third-order valence-corrected chi connectivity index (χ3v) is 6.35. The van der Waals surface area contributed by atoms with Gasteiger partial charge in [-0.2, -0.15) is 4.31 Å². The van der Waals surface area contributed by atoms with Gasteiger partial charge in [0.15, 0.2) is 0 Å². The number of carbonyl (C=O) groups excluding carboxylic acids is 2. The van der Waals surface area contributed by atoms with Gasteiger partial charge >= 0.3 is 0 Å². The van der Waals surface area contributed by atoms with Gasteiger partial charge in [0, 0.05) is 19.6 Å². The Labute approximate surface area is 170 Å². The number of amides is 2. The first-order valence-corrected chi connectivity index (χ1v) is 10.6. The average molecular weight is 421 g/mol. The van der Waals surface area contributed by atoms with Crippen LogP contribution in [0.25, 0.3) is 0 Å². The molecule has 0 aliphatic carbocycles. The number of hydrogen-bond acceptors (Lipinski definition) is 4. The quantitative estimate of drug-likeness (QED) is 0.647. The Kier molecular flexibility index (Phi) is 7.86. The predicted molar refractivity (Wildman–Crippen MR) is 107 cm³/mol. The molecule has 0 saturated heterocycles. The van der Waals surface area contributed by atoms with Gasteiger partial charge in [-0.05, 0) is 29.8 Å². The maximum atomic E-state index is 13.5. The highest BCUT2D eigenvalue weighted by molar-refractivity contribution is 7.89. The molecule has 0 saturated carbocycles. The summed E-state index contributed by atoms with van der Waals surface area (Å²) in [7, 11) is -3.53. The van der Waals surface area contributed by atoms with Gasteiger partial charge in [-0.1, -0.05) is 38.1 Å². The molecule has 2 rings (SSSR count). The standard InChI is InChI=1S/C20H24FN3O4S/c1-3-24(4-2)29(27,28)16-11-9-15(10-12-16)13-22-19(25)14-23-20(26)17-7-5-6-8-18(17)21/h5-12H,3-4,13-14H2,1-2H3,(H,22,25)(H,23,26). The number of rotatable bonds is 9. The van der Waals surface area contributed by atoms with E-state index in [1.165, 1.54) is 40.7 Å². The smallest absolute Gasteiger partial charge is 0.254 e. The van der Waals surface area contributed by atoms with Gasteiger partial charge in [0.2, 0.25) is 15.9 Å². The third-order valence-electron chi connectivity index (χ3n) is 4.28. The molecule has 0 heterocycles. The fraction of sp³-hybridized carbons (Fsp3) is 0.300. The van der Waals surface area contributed by atoms with Crippen LogP contribution in [-0.4, -0.2) is 44.2 Å². The normalized spacial score (nSPS) is 11.3. The van der Waals surface area contributed by atoms with Crippen molar-refractivity contribution in [2.75, 3.05) is 19.6 Å². The van der Waals surface area contributed by atoms with Gasteiger partial charge in [0.25, 0.3) is 5.91 Å². The first-order valence-electron chi connectivity index (χ1n) is 9.18. The first-order chi connectivity index (χ1) is 13.8. The van der Waals surface area contributed by atoms with Crippen LogP contribution in [-0.2, 0) is 21.4 Å². The van der Waals surface area contributed by atoms with Gasteiger partial charge in [0.05, 0.1) is 17.0 Å². The van der Waals surface area contributed by atoms with E-state index in [4.69, 9.17) is 0 Å². The maximum absolute atomic E-state index is 13.5. The number of carbonyl (C=O) groups is 2. The van der Waals surface area contributed by atoms with Crippen LogP contribution in [0.2, 0.25) is 0 Å². The molecule has 9 heteroatoms. The first kappa shape index (κ1) is 22.5. The summed E-state index contributed by atoms with van der Waals surface area (Å²) in [6, 6.07) is 11.7. The molecular formula is C20H24FN3O4S. The zero-order valence-corrected chi connectivity index (χ0v) is 17.1. The minimum Gasteiger partial charge on any atom is -0.350 e. The van der Waals surface area contributed by atoms with E-state index in [0.717, 1.165) is 0 Å². The molecule has 2 N–H and O–H groups in total. The monoisotopic (exact) mass is 421 g/mol. The van der Waals surface area contributed by atoms with Crippen molar-refractivity contribution in [3.05, 3.63) is 65.5 Å². The van der Waals surface area contributed by atoms with Crippen molar-refractivity contribution in [1.29, 1.82) is 0 Å². The Hall–Kier alpha value is -2.78. The van der Waals surface area contributed by atoms with Crippen molar-refractivity contribution >= 4 is 21.8 Å². The van der Waals surface area contributed by atoms with E-state index >= 15 is 0 Å². The number of nitrogens with one attached hydrogen (secondary N) is 2. The summed E-state index contributed by atoms with van der Waals surface area (Å²) in [5.41, 5.74) is 0.572. The molecule has 0 aliphatic rings. The second kappa shape index (κ2) is 10.1. The predicted octanol–water partition coefficient (Wildman–Crippen LogP) is 1.90. The van der Waals surface area contributed by atoms with Crippen LogP contribution in [0.4, 0.5) is 4.39 Å². The molecular weight excluding hydrogens is 397 g/mol. The van der Waals surface area contributed by atoms with Crippen LogP contribution in [0, 0.1) is 5.82 Å². The molecule has 2 aromatic carbocycles. The average Bonchev–Trinajstić information content (AvgIpc) is 2.71. The van der Waals surface area contributed by atoms with Crippen molar-refractivity contribution in [2.45, 2.75) is 25.3 Å². The molecule has 7 nitrogen and oxygen atoms in total. The Balaban J connectivity index is 1.88. The molecule has 156 valence electrons. The Bertz CT molecular complexity index is 958. The second-order valence-electron chi connectivity index (χ2n) is 6.17. The van der Waals surface area contributed by atoms with Crippen LogP contribution >= 0.6 is 0 Å². The van der Waals surface area contributed by atoms with E-state index in [1.54, 1.807) is 26.0 Å². The molecule has 0 spiro atoms. The summed E-state index contributed by atoms with van der Waals surface area (Å²) in [5.74, 6) is -1.79. The molecule has 0 radical (unpaired) electrons. The van der Waals surface area contributed by atoms with Crippen molar-refractivity contribution in [3.63, 3.8) is 0 Å². The Morgan fingerprint density at radius 2 is 1.59 bits per heavy atom. The molecule has 29 heavy (non-hydrogen) atoms. The Morgan fingerprint density at radius 1 is 0.966 bits per heavy atom. The largest absolute Gasteiger partial charge is 0.350 e. The summed E-state index contributed by atoms with van der Waals surface area (Å²) in [5, 5.41) is 4.97. The van der Waals surface area contributed by atoms with Gasteiger partial charge in [-0.15, -0.1) is 0 Å². The van der Waals surface area contributed by atoms with E-state index in [2.05, 4.69) is 10.6 Å². The minimum atomic E-state index is -3.53. The summed E-state index contributed by atoms with van der Waals surface area (Å²) >= 11 is 0. The lowest BCUT2D eigenvalue weighted by Crippen LogP contribution is -2.36. The van der Waals surface area contributed by atoms with Crippen LogP contribution in [0.5, 0.6) is 0 Å². The molecule has 0 aliphatic heterocycles. The van der Waals surface area contributed by atoms with Crippen molar-refractivity contribution < 1.29 is 22.4 Å². The number of nitrogens with zero attached hydrogens (tertiary/aromatic N) is 1. The van der Waals surface area contributed by atoms with Gasteiger partial charge in [-0.25, -0.2) is 12.8 Å². The third kappa shape index (κ3) is 5.85. The summed E-state index contributed by atoms with van der Waals surface area (Å²) in [6.45, 7) is 4.18. The number of hydrogen-bond donors (Lipinski definition) is 2. The van der Waals surface area contributed by atoms with Crippen molar-refractivity contribution in [1.82, 2.24) is 14.9 Å². The number of benzene rings is 2. The van der Waals surface area contributed by atoms with Crippen LogP contribution in [0.3, 0.4) is 0 Å². The molecule has 0 bridgehead atoms. The lowest BCUT2D eigenvalue weighted by molar-refractivity contribution is -0.120. The van der Waals surface area contributed by atoms with Crippen LogP contribution < -0.4 is 10.6 Å². The lowest BCUT2D eigenvalue weighted by atomic mass is 10.2. The van der Waals surface area contributed by atoms with E-state index in [0.29, 0.717) is 18.7 Å². The number of halogens is 1. The van der Waals surface area contributed by atoms with Crippen molar-refractivity contribution in [2.24, 2.45) is 0 Å². The second-order valence-corrected chi connectivity index (χ2v) is 8.11. The molecule has 0 fully saturated rings. The molecule has 0 aromatic heterocycles. The summed E-state index contributed by atoms with van der Waals surface area (Å²) in [6.07, 6.45) is 0. The summed E-state index contributed by atoms with van der Waals surface area (Å²) < 4.78 is 39.8. The zero-order valence-electron chi connectivity index (χ0n) is 16.3. The van der Waals surface area contributed by atoms with Gasteiger partial charge < -0.3 is 10.6 Å².